The Balaban J connectivity index is 2.41. The minimum atomic E-state index is -0.446. The maximum absolute atomic E-state index is 11.2. The van der Waals surface area contributed by atoms with Crippen molar-refractivity contribution in [3.63, 3.8) is 0 Å². The molecule has 2 aromatic rings. The van der Waals surface area contributed by atoms with Crippen LogP contribution in [0.3, 0.4) is 0 Å². The van der Waals surface area contributed by atoms with E-state index in [1.807, 2.05) is 13.0 Å². The fraction of sp³-hybridized carbons (Fsp3) is 0.0909. The average Bonchev–Trinajstić information content (AvgIpc) is 2.30. The van der Waals surface area contributed by atoms with Crippen LogP contribution in [-0.2, 0) is 0 Å². The Hall–Kier alpha value is -2.01. The topological polar surface area (TPSA) is 81.0 Å². The van der Waals surface area contributed by atoms with Gasteiger partial charge in [0.25, 0.3) is 5.56 Å². The maximum atomic E-state index is 11.2. The number of nitrogens with two attached hydrogens (primary N) is 1. The van der Waals surface area contributed by atoms with E-state index in [0.717, 1.165) is 5.56 Å². The molecule has 5 nitrogen and oxygen atoms in total. The van der Waals surface area contributed by atoms with E-state index >= 15 is 0 Å². The van der Waals surface area contributed by atoms with Crippen molar-refractivity contribution in [2.45, 2.75) is 6.92 Å². The molecule has 1 aromatic carbocycles. The van der Waals surface area contributed by atoms with Crippen LogP contribution in [-0.4, -0.2) is 9.97 Å². The van der Waals surface area contributed by atoms with Gasteiger partial charge in [-0.15, -0.1) is 0 Å². The molecule has 0 amide bonds. The number of aryl methyl sites for hydroxylation is 1. The molecule has 0 bridgehead atoms. The summed E-state index contributed by atoms with van der Waals surface area (Å²) >= 11 is 5.77. The van der Waals surface area contributed by atoms with Gasteiger partial charge in [0.2, 0.25) is 5.88 Å². The van der Waals surface area contributed by atoms with E-state index in [0.29, 0.717) is 11.4 Å². The van der Waals surface area contributed by atoms with Gasteiger partial charge in [0.1, 0.15) is 5.75 Å². The number of halogens is 1. The molecule has 6 heteroatoms. The lowest BCUT2D eigenvalue weighted by molar-refractivity contribution is 0.457. The van der Waals surface area contributed by atoms with Gasteiger partial charge in [0, 0.05) is 11.8 Å². The second kappa shape index (κ2) is 4.47. The van der Waals surface area contributed by atoms with Gasteiger partial charge in [-0.2, -0.15) is 0 Å². The predicted octanol–water partition coefficient (Wildman–Crippen LogP) is 2.11. The monoisotopic (exact) mass is 251 g/mol. The largest absolute Gasteiger partial charge is 0.437 e. The molecule has 2 rings (SSSR count). The van der Waals surface area contributed by atoms with Gasteiger partial charge < -0.3 is 15.5 Å². The molecular weight excluding hydrogens is 242 g/mol. The number of nitrogens with one attached hydrogen (secondary N) is 1. The Kier molecular flexibility index (Phi) is 3.01. The van der Waals surface area contributed by atoms with Crippen molar-refractivity contribution in [2.24, 2.45) is 0 Å². The number of hydrogen-bond donors (Lipinski definition) is 2. The lowest BCUT2D eigenvalue weighted by Gasteiger charge is -2.08. The Bertz CT molecular complexity index is 610. The maximum Gasteiger partial charge on any atom is 0.273 e. The summed E-state index contributed by atoms with van der Waals surface area (Å²) in [5, 5.41) is -0.0886. The molecular formula is C11H10ClN3O2. The second-order valence-corrected chi connectivity index (χ2v) is 3.86. The number of benzene rings is 1. The van der Waals surface area contributed by atoms with Crippen LogP contribution in [0.25, 0.3) is 0 Å². The summed E-state index contributed by atoms with van der Waals surface area (Å²) in [5.74, 6) is 0.578. The molecule has 0 radical (unpaired) electrons. The molecule has 0 aliphatic heterocycles. The predicted molar refractivity (Wildman–Crippen MR) is 65.5 cm³/mol. The number of H-pyrrole nitrogens is 1. The first kappa shape index (κ1) is 11.5. The zero-order valence-electron chi connectivity index (χ0n) is 9.03. The molecule has 0 fully saturated rings. The van der Waals surface area contributed by atoms with E-state index in [-0.39, 0.29) is 10.9 Å². The smallest absolute Gasteiger partial charge is 0.273 e. The molecule has 0 saturated carbocycles. The Morgan fingerprint density at radius 1 is 1.47 bits per heavy atom. The van der Waals surface area contributed by atoms with E-state index in [4.69, 9.17) is 22.1 Å². The standard InChI is InChI=1S/C11H10ClN3O2/c1-6-2-3-7(13)4-8(6)17-11-9(12)10(16)14-5-15-11/h2-5H,13H2,1H3,(H,14,15,16). The molecule has 1 heterocycles. The van der Waals surface area contributed by atoms with Crippen LogP contribution in [0, 0.1) is 6.92 Å². The van der Waals surface area contributed by atoms with Crippen molar-refractivity contribution in [1.82, 2.24) is 9.97 Å². The number of ether oxygens (including phenoxy) is 1. The summed E-state index contributed by atoms with van der Waals surface area (Å²) < 4.78 is 5.46. The lowest BCUT2D eigenvalue weighted by Crippen LogP contribution is -2.08. The fourth-order valence-corrected chi connectivity index (χ4v) is 1.41. The minimum absolute atomic E-state index is 0.0594. The van der Waals surface area contributed by atoms with Crippen LogP contribution >= 0.6 is 11.6 Å². The summed E-state index contributed by atoms with van der Waals surface area (Å²) in [6.45, 7) is 1.86. The normalized spacial score (nSPS) is 10.2. The number of rotatable bonds is 2. The highest BCUT2D eigenvalue weighted by Gasteiger charge is 2.09. The van der Waals surface area contributed by atoms with E-state index in [9.17, 15) is 4.79 Å². The van der Waals surface area contributed by atoms with Gasteiger partial charge in [0.05, 0.1) is 6.33 Å². The average molecular weight is 252 g/mol. The molecule has 3 N–H and O–H groups in total. The molecule has 0 saturated heterocycles. The molecule has 0 atom stereocenters. The highest BCUT2D eigenvalue weighted by Crippen LogP contribution is 2.28. The molecule has 0 aliphatic rings. The molecule has 0 aliphatic carbocycles. The van der Waals surface area contributed by atoms with Crippen molar-refractivity contribution in [2.75, 3.05) is 5.73 Å². The Morgan fingerprint density at radius 2 is 2.24 bits per heavy atom. The van der Waals surface area contributed by atoms with Gasteiger partial charge in [-0.3, -0.25) is 4.79 Å². The van der Waals surface area contributed by atoms with Crippen LogP contribution in [0.2, 0.25) is 5.02 Å². The van der Waals surface area contributed by atoms with E-state index in [2.05, 4.69) is 9.97 Å². The van der Waals surface area contributed by atoms with Gasteiger partial charge in [-0.25, -0.2) is 4.98 Å². The van der Waals surface area contributed by atoms with Gasteiger partial charge in [-0.1, -0.05) is 17.7 Å². The van der Waals surface area contributed by atoms with Gasteiger partial charge in [-0.05, 0) is 18.6 Å². The number of hydrogen-bond acceptors (Lipinski definition) is 4. The van der Waals surface area contributed by atoms with Crippen molar-refractivity contribution < 1.29 is 4.74 Å². The third-order valence-corrected chi connectivity index (χ3v) is 2.52. The fourth-order valence-electron chi connectivity index (χ4n) is 1.27. The highest BCUT2D eigenvalue weighted by atomic mass is 35.5. The number of aromatic amines is 1. The van der Waals surface area contributed by atoms with Crippen LogP contribution in [0.4, 0.5) is 5.69 Å². The SMILES string of the molecule is Cc1ccc(N)cc1Oc1nc[nH]c(=O)c1Cl. The van der Waals surface area contributed by atoms with E-state index in [1.54, 1.807) is 12.1 Å². The number of nitrogens with zero attached hydrogens (tertiary/aromatic N) is 1. The summed E-state index contributed by atoms with van der Waals surface area (Å²) in [6, 6.07) is 5.22. The molecule has 17 heavy (non-hydrogen) atoms. The van der Waals surface area contributed by atoms with Crippen molar-refractivity contribution in [3.05, 3.63) is 45.5 Å². The summed E-state index contributed by atoms with van der Waals surface area (Å²) in [5.41, 5.74) is 6.64. The molecule has 0 unspecified atom stereocenters. The van der Waals surface area contributed by atoms with Crippen LogP contribution in [0.1, 0.15) is 5.56 Å². The summed E-state index contributed by atoms with van der Waals surface area (Å²) in [7, 11) is 0. The van der Waals surface area contributed by atoms with Crippen molar-refractivity contribution >= 4 is 17.3 Å². The molecule has 88 valence electrons. The van der Waals surface area contributed by atoms with Gasteiger partial charge >= 0.3 is 0 Å². The Morgan fingerprint density at radius 3 is 3.00 bits per heavy atom. The number of nitrogen functional groups attached to an aromatic ring is 1. The summed E-state index contributed by atoms with van der Waals surface area (Å²) in [4.78, 5) is 17.5. The first-order valence-electron chi connectivity index (χ1n) is 4.85. The van der Waals surface area contributed by atoms with E-state index in [1.165, 1.54) is 6.33 Å². The summed E-state index contributed by atoms with van der Waals surface area (Å²) in [6.07, 6.45) is 1.23. The third kappa shape index (κ3) is 2.39. The number of anilines is 1. The van der Waals surface area contributed by atoms with Crippen LogP contribution in [0.5, 0.6) is 11.6 Å². The quantitative estimate of drug-likeness (QED) is 0.801. The highest BCUT2D eigenvalue weighted by molar-refractivity contribution is 6.31. The Labute approximate surface area is 102 Å². The second-order valence-electron chi connectivity index (χ2n) is 3.48. The van der Waals surface area contributed by atoms with E-state index < -0.39 is 5.56 Å². The number of aromatic nitrogens is 2. The zero-order valence-corrected chi connectivity index (χ0v) is 9.78. The molecule has 1 aromatic heterocycles. The first-order chi connectivity index (χ1) is 8.08. The zero-order chi connectivity index (χ0) is 12.4. The molecule has 0 spiro atoms. The van der Waals surface area contributed by atoms with Crippen molar-refractivity contribution in [1.29, 1.82) is 0 Å². The van der Waals surface area contributed by atoms with Crippen LogP contribution in [0.15, 0.2) is 29.3 Å². The lowest BCUT2D eigenvalue weighted by atomic mass is 10.2. The van der Waals surface area contributed by atoms with Crippen molar-refractivity contribution in [3.8, 4) is 11.6 Å². The third-order valence-electron chi connectivity index (χ3n) is 2.18. The van der Waals surface area contributed by atoms with Crippen LogP contribution < -0.4 is 16.0 Å². The first-order valence-corrected chi connectivity index (χ1v) is 5.23. The minimum Gasteiger partial charge on any atom is -0.437 e. The van der Waals surface area contributed by atoms with Gasteiger partial charge in [0.15, 0.2) is 5.02 Å².